The molecule has 0 aliphatic heterocycles. The number of aliphatic hydroxyl groups is 1. The lowest BCUT2D eigenvalue weighted by molar-refractivity contribution is 0.223. The number of aliphatic hydroxyl groups excluding tert-OH is 1. The Morgan fingerprint density at radius 2 is 2.17 bits per heavy atom. The smallest absolute Gasteiger partial charge is 0.0726 e. The molecular formula is C11H20O. The second kappa shape index (κ2) is 4.66. The molecular weight excluding hydrogens is 148 g/mol. The molecule has 1 unspecified atom stereocenters. The van der Waals surface area contributed by atoms with E-state index in [-0.39, 0.29) is 6.10 Å². The summed E-state index contributed by atoms with van der Waals surface area (Å²) in [5, 5.41) is 9.28. The van der Waals surface area contributed by atoms with Crippen molar-refractivity contribution in [3.63, 3.8) is 0 Å². The van der Waals surface area contributed by atoms with Crippen molar-refractivity contribution in [1.29, 1.82) is 0 Å². The van der Waals surface area contributed by atoms with E-state index >= 15 is 0 Å². The van der Waals surface area contributed by atoms with Crippen LogP contribution in [0.3, 0.4) is 0 Å². The average molecular weight is 168 g/mol. The minimum Gasteiger partial charge on any atom is -0.389 e. The average Bonchev–Trinajstić information content (AvgIpc) is 2.47. The van der Waals surface area contributed by atoms with Crippen LogP contribution in [-0.2, 0) is 0 Å². The third-order valence-corrected chi connectivity index (χ3v) is 2.89. The standard InChI is InChI=1S/C11H20O/c1-3-9(4-2)7-10-5-6-11(12)8-10/h8-9,11-12H,3-7H2,1-2H3. The van der Waals surface area contributed by atoms with Crippen LogP contribution >= 0.6 is 0 Å². The Bertz CT molecular complexity index is 156. The Labute approximate surface area is 75.5 Å². The van der Waals surface area contributed by atoms with Crippen molar-refractivity contribution in [2.24, 2.45) is 5.92 Å². The van der Waals surface area contributed by atoms with E-state index in [4.69, 9.17) is 0 Å². The first-order valence-electron chi connectivity index (χ1n) is 5.13. The van der Waals surface area contributed by atoms with E-state index in [1.165, 1.54) is 24.8 Å². The van der Waals surface area contributed by atoms with Crippen molar-refractivity contribution in [3.05, 3.63) is 11.6 Å². The van der Waals surface area contributed by atoms with Gasteiger partial charge in [0, 0.05) is 0 Å². The topological polar surface area (TPSA) is 20.2 Å². The van der Waals surface area contributed by atoms with Gasteiger partial charge in [0.25, 0.3) is 0 Å². The van der Waals surface area contributed by atoms with Gasteiger partial charge in [-0.05, 0) is 25.2 Å². The van der Waals surface area contributed by atoms with Crippen LogP contribution in [0.1, 0.15) is 46.0 Å². The highest BCUT2D eigenvalue weighted by atomic mass is 16.3. The van der Waals surface area contributed by atoms with Gasteiger partial charge in [0.15, 0.2) is 0 Å². The summed E-state index contributed by atoms with van der Waals surface area (Å²) in [4.78, 5) is 0. The van der Waals surface area contributed by atoms with Crippen molar-refractivity contribution in [3.8, 4) is 0 Å². The van der Waals surface area contributed by atoms with Gasteiger partial charge in [-0.3, -0.25) is 0 Å². The van der Waals surface area contributed by atoms with Crippen LogP contribution in [0.5, 0.6) is 0 Å². The molecule has 1 heteroatoms. The summed E-state index contributed by atoms with van der Waals surface area (Å²) in [6.07, 6.45) is 7.73. The predicted octanol–water partition coefficient (Wildman–Crippen LogP) is 2.89. The van der Waals surface area contributed by atoms with Crippen molar-refractivity contribution in [2.45, 2.75) is 52.1 Å². The van der Waals surface area contributed by atoms with E-state index in [0.717, 1.165) is 18.8 Å². The van der Waals surface area contributed by atoms with Crippen LogP contribution in [0, 0.1) is 5.92 Å². The molecule has 0 aromatic carbocycles. The van der Waals surface area contributed by atoms with Crippen LogP contribution in [-0.4, -0.2) is 11.2 Å². The van der Waals surface area contributed by atoms with Gasteiger partial charge in [0.05, 0.1) is 6.10 Å². The molecule has 0 aromatic heterocycles. The molecule has 12 heavy (non-hydrogen) atoms. The van der Waals surface area contributed by atoms with Gasteiger partial charge >= 0.3 is 0 Å². The molecule has 0 amide bonds. The molecule has 0 heterocycles. The summed E-state index contributed by atoms with van der Waals surface area (Å²) < 4.78 is 0. The quantitative estimate of drug-likeness (QED) is 0.640. The Morgan fingerprint density at radius 1 is 1.50 bits per heavy atom. The molecule has 0 fully saturated rings. The van der Waals surface area contributed by atoms with Gasteiger partial charge < -0.3 is 5.11 Å². The van der Waals surface area contributed by atoms with Crippen LogP contribution in [0.2, 0.25) is 0 Å². The van der Waals surface area contributed by atoms with Gasteiger partial charge in [-0.25, -0.2) is 0 Å². The van der Waals surface area contributed by atoms with Crippen molar-refractivity contribution in [2.75, 3.05) is 0 Å². The number of allylic oxidation sites excluding steroid dienone is 1. The Hall–Kier alpha value is -0.300. The van der Waals surface area contributed by atoms with Crippen LogP contribution < -0.4 is 0 Å². The van der Waals surface area contributed by atoms with Gasteiger partial charge in [-0.15, -0.1) is 0 Å². The van der Waals surface area contributed by atoms with Gasteiger partial charge in [0.2, 0.25) is 0 Å². The SMILES string of the molecule is CCC(CC)CC1=CC(O)CC1. The van der Waals surface area contributed by atoms with Crippen molar-refractivity contribution >= 4 is 0 Å². The zero-order valence-electron chi connectivity index (χ0n) is 8.21. The molecule has 70 valence electrons. The van der Waals surface area contributed by atoms with E-state index in [9.17, 15) is 5.11 Å². The largest absolute Gasteiger partial charge is 0.389 e. The monoisotopic (exact) mass is 168 g/mol. The molecule has 1 N–H and O–H groups in total. The van der Waals surface area contributed by atoms with Crippen molar-refractivity contribution in [1.82, 2.24) is 0 Å². The summed E-state index contributed by atoms with van der Waals surface area (Å²) in [7, 11) is 0. The summed E-state index contributed by atoms with van der Waals surface area (Å²) >= 11 is 0. The Balaban J connectivity index is 2.35. The minimum absolute atomic E-state index is 0.144. The maximum atomic E-state index is 9.28. The molecule has 1 aliphatic rings. The Morgan fingerprint density at radius 3 is 2.58 bits per heavy atom. The fraction of sp³-hybridized carbons (Fsp3) is 0.818. The van der Waals surface area contributed by atoms with E-state index in [1.807, 2.05) is 0 Å². The van der Waals surface area contributed by atoms with Gasteiger partial charge in [-0.2, -0.15) is 0 Å². The summed E-state index contributed by atoms with van der Waals surface area (Å²) in [5.41, 5.74) is 1.48. The minimum atomic E-state index is -0.144. The first-order chi connectivity index (χ1) is 5.76. The number of hydrogen-bond acceptors (Lipinski definition) is 1. The number of hydrogen-bond donors (Lipinski definition) is 1. The molecule has 1 nitrogen and oxygen atoms in total. The fourth-order valence-electron chi connectivity index (χ4n) is 1.89. The molecule has 1 rings (SSSR count). The molecule has 0 aromatic rings. The first-order valence-corrected chi connectivity index (χ1v) is 5.13. The summed E-state index contributed by atoms with van der Waals surface area (Å²) in [5.74, 6) is 0.835. The van der Waals surface area contributed by atoms with Gasteiger partial charge in [0.1, 0.15) is 0 Å². The van der Waals surface area contributed by atoms with Crippen LogP contribution in [0.4, 0.5) is 0 Å². The fourth-order valence-corrected chi connectivity index (χ4v) is 1.89. The maximum Gasteiger partial charge on any atom is 0.0726 e. The maximum absolute atomic E-state index is 9.28. The number of rotatable bonds is 4. The normalized spacial score (nSPS) is 23.3. The zero-order valence-corrected chi connectivity index (χ0v) is 8.21. The second-order valence-electron chi connectivity index (χ2n) is 3.82. The van der Waals surface area contributed by atoms with E-state index < -0.39 is 0 Å². The van der Waals surface area contributed by atoms with Crippen LogP contribution in [0.25, 0.3) is 0 Å². The third-order valence-electron chi connectivity index (χ3n) is 2.89. The molecule has 1 atom stereocenters. The first kappa shape index (κ1) is 9.79. The summed E-state index contributed by atoms with van der Waals surface area (Å²) in [6.45, 7) is 4.50. The molecule has 0 saturated heterocycles. The molecule has 0 bridgehead atoms. The highest BCUT2D eigenvalue weighted by Crippen LogP contribution is 2.27. The van der Waals surface area contributed by atoms with Crippen molar-refractivity contribution < 1.29 is 5.11 Å². The second-order valence-corrected chi connectivity index (χ2v) is 3.82. The third kappa shape index (κ3) is 2.63. The lowest BCUT2D eigenvalue weighted by Gasteiger charge is -2.11. The Kier molecular flexibility index (Phi) is 3.80. The van der Waals surface area contributed by atoms with E-state index in [0.29, 0.717) is 0 Å². The lowest BCUT2D eigenvalue weighted by Crippen LogP contribution is -1.97. The van der Waals surface area contributed by atoms with E-state index in [2.05, 4.69) is 19.9 Å². The van der Waals surface area contributed by atoms with E-state index in [1.54, 1.807) is 0 Å². The highest BCUT2D eigenvalue weighted by Gasteiger charge is 2.15. The van der Waals surface area contributed by atoms with Gasteiger partial charge in [-0.1, -0.05) is 38.3 Å². The van der Waals surface area contributed by atoms with Crippen LogP contribution in [0.15, 0.2) is 11.6 Å². The summed E-state index contributed by atoms with van der Waals surface area (Å²) in [6, 6.07) is 0. The lowest BCUT2D eigenvalue weighted by atomic mass is 9.94. The highest BCUT2D eigenvalue weighted by molar-refractivity contribution is 5.12. The predicted molar refractivity (Wildman–Crippen MR) is 52.0 cm³/mol. The molecule has 0 saturated carbocycles. The molecule has 1 aliphatic carbocycles. The molecule has 0 spiro atoms. The zero-order chi connectivity index (χ0) is 8.97. The molecule has 0 radical (unpaired) electrons.